The summed E-state index contributed by atoms with van der Waals surface area (Å²) in [5.74, 6) is 0. The first-order valence-electron chi connectivity index (χ1n) is 6.20. The maximum absolute atomic E-state index is 3.45. The SMILES string of the molecule is CCCNCCCC(C)N(CC)CC. The molecule has 0 aromatic carbocycles. The normalized spacial score (nSPS) is 13.5. The molecule has 0 saturated carbocycles. The second-order valence-corrected chi connectivity index (χ2v) is 3.96. The Hall–Kier alpha value is -0.0800. The largest absolute Gasteiger partial charge is 0.317 e. The fourth-order valence-corrected chi connectivity index (χ4v) is 1.85. The lowest BCUT2D eigenvalue weighted by molar-refractivity contribution is 0.218. The Morgan fingerprint density at radius 1 is 1.07 bits per heavy atom. The first kappa shape index (κ1) is 13.9. The van der Waals surface area contributed by atoms with E-state index in [1.165, 1.54) is 45.4 Å². The van der Waals surface area contributed by atoms with Gasteiger partial charge >= 0.3 is 0 Å². The molecule has 1 N–H and O–H groups in total. The van der Waals surface area contributed by atoms with Crippen LogP contribution in [-0.4, -0.2) is 37.1 Å². The van der Waals surface area contributed by atoms with E-state index in [1.807, 2.05) is 0 Å². The van der Waals surface area contributed by atoms with Gasteiger partial charge in [0.2, 0.25) is 0 Å². The van der Waals surface area contributed by atoms with Gasteiger partial charge in [0.05, 0.1) is 0 Å². The van der Waals surface area contributed by atoms with Crippen molar-refractivity contribution >= 4 is 0 Å². The summed E-state index contributed by atoms with van der Waals surface area (Å²) in [6, 6.07) is 0.744. The molecule has 2 heteroatoms. The summed E-state index contributed by atoms with van der Waals surface area (Å²) < 4.78 is 0. The molecule has 0 spiro atoms. The smallest absolute Gasteiger partial charge is 0.00671 e. The summed E-state index contributed by atoms with van der Waals surface area (Å²) in [6.07, 6.45) is 3.86. The van der Waals surface area contributed by atoms with Crippen molar-refractivity contribution in [3.63, 3.8) is 0 Å². The zero-order chi connectivity index (χ0) is 10.8. The molecule has 0 rings (SSSR count). The average molecular weight is 200 g/mol. The van der Waals surface area contributed by atoms with Crippen molar-refractivity contribution in [3.8, 4) is 0 Å². The highest BCUT2D eigenvalue weighted by molar-refractivity contribution is 4.64. The molecule has 0 aliphatic carbocycles. The minimum Gasteiger partial charge on any atom is -0.317 e. The van der Waals surface area contributed by atoms with Gasteiger partial charge in [0, 0.05) is 6.04 Å². The molecule has 0 bridgehead atoms. The topological polar surface area (TPSA) is 15.3 Å². The van der Waals surface area contributed by atoms with Crippen molar-refractivity contribution in [2.24, 2.45) is 0 Å². The molecule has 0 aromatic heterocycles. The highest BCUT2D eigenvalue weighted by atomic mass is 15.1. The molecule has 0 aromatic rings. The second kappa shape index (κ2) is 9.47. The summed E-state index contributed by atoms with van der Waals surface area (Å²) in [7, 11) is 0. The average Bonchev–Trinajstić information content (AvgIpc) is 2.19. The fourth-order valence-electron chi connectivity index (χ4n) is 1.85. The first-order valence-corrected chi connectivity index (χ1v) is 6.20. The molecular weight excluding hydrogens is 172 g/mol. The Morgan fingerprint density at radius 2 is 1.71 bits per heavy atom. The third-order valence-corrected chi connectivity index (χ3v) is 2.84. The van der Waals surface area contributed by atoms with Crippen LogP contribution in [0.15, 0.2) is 0 Å². The van der Waals surface area contributed by atoms with Gasteiger partial charge in [-0.3, -0.25) is 0 Å². The fraction of sp³-hybridized carbons (Fsp3) is 1.00. The lowest BCUT2D eigenvalue weighted by Gasteiger charge is -2.26. The summed E-state index contributed by atoms with van der Waals surface area (Å²) in [4.78, 5) is 2.53. The number of nitrogens with zero attached hydrogens (tertiary/aromatic N) is 1. The van der Waals surface area contributed by atoms with Crippen LogP contribution in [0.2, 0.25) is 0 Å². The Balaban J connectivity index is 3.37. The Labute approximate surface area is 90.1 Å². The van der Waals surface area contributed by atoms with Crippen molar-refractivity contribution in [2.75, 3.05) is 26.2 Å². The van der Waals surface area contributed by atoms with Crippen LogP contribution in [0.5, 0.6) is 0 Å². The third kappa shape index (κ3) is 6.39. The number of nitrogens with one attached hydrogen (secondary N) is 1. The predicted octanol–water partition coefficient (Wildman–Crippen LogP) is 2.50. The molecule has 2 nitrogen and oxygen atoms in total. The van der Waals surface area contributed by atoms with Gasteiger partial charge in [0.15, 0.2) is 0 Å². The van der Waals surface area contributed by atoms with Gasteiger partial charge < -0.3 is 10.2 Å². The summed E-state index contributed by atoms with van der Waals surface area (Å²) >= 11 is 0. The molecule has 0 heterocycles. The zero-order valence-electron chi connectivity index (χ0n) is 10.5. The van der Waals surface area contributed by atoms with Crippen molar-refractivity contribution in [3.05, 3.63) is 0 Å². The van der Waals surface area contributed by atoms with Crippen LogP contribution in [-0.2, 0) is 0 Å². The highest BCUT2D eigenvalue weighted by Crippen LogP contribution is 2.05. The van der Waals surface area contributed by atoms with E-state index in [0.717, 1.165) is 6.04 Å². The van der Waals surface area contributed by atoms with Gasteiger partial charge in [0.25, 0.3) is 0 Å². The van der Waals surface area contributed by atoms with Gasteiger partial charge in [-0.05, 0) is 52.4 Å². The quantitative estimate of drug-likeness (QED) is 0.575. The molecule has 0 aliphatic heterocycles. The molecule has 1 atom stereocenters. The second-order valence-electron chi connectivity index (χ2n) is 3.96. The lowest BCUT2D eigenvalue weighted by atomic mass is 10.1. The maximum Gasteiger partial charge on any atom is 0.00671 e. The summed E-state index contributed by atoms with van der Waals surface area (Å²) in [5.41, 5.74) is 0. The van der Waals surface area contributed by atoms with Crippen LogP contribution in [0.4, 0.5) is 0 Å². The van der Waals surface area contributed by atoms with E-state index >= 15 is 0 Å². The monoisotopic (exact) mass is 200 g/mol. The van der Waals surface area contributed by atoms with Crippen LogP contribution in [0, 0.1) is 0 Å². The Bertz CT molecular complexity index is 111. The van der Waals surface area contributed by atoms with Crippen molar-refractivity contribution < 1.29 is 0 Å². The standard InChI is InChI=1S/C12H28N2/c1-5-10-13-11-8-9-12(4)14(6-2)7-3/h12-13H,5-11H2,1-4H3. The van der Waals surface area contributed by atoms with Gasteiger partial charge in [0.1, 0.15) is 0 Å². The Kier molecular flexibility index (Phi) is 9.42. The van der Waals surface area contributed by atoms with Crippen molar-refractivity contribution in [1.29, 1.82) is 0 Å². The third-order valence-electron chi connectivity index (χ3n) is 2.84. The molecule has 0 saturated heterocycles. The van der Waals surface area contributed by atoms with E-state index in [0.29, 0.717) is 0 Å². The van der Waals surface area contributed by atoms with E-state index in [4.69, 9.17) is 0 Å². The van der Waals surface area contributed by atoms with Crippen LogP contribution in [0.25, 0.3) is 0 Å². The van der Waals surface area contributed by atoms with E-state index in [1.54, 1.807) is 0 Å². The first-order chi connectivity index (χ1) is 6.76. The number of hydrogen-bond donors (Lipinski definition) is 1. The van der Waals surface area contributed by atoms with E-state index in [2.05, 4.69) is 37.9 Å². The molecule has 1 unspecified atom stereocenters. The molecule has 14 heavy (non-hydrogen) atoms. The summed E-state index contributed by atoms with van der Waals surface area (Å²) in [5, 5.41) is 3.45. The number of hydrogen-bond acceptors (Lipinski definition) is 2. The minimum absolute atomic E-state index is 0.744. The van der Waals surface area contributed by atoms with Crippen molar-refractivity contribution in [2.45, 2.75) is 53.0 Å². The molecular formula is C12H28N2. The van der Waals surface area contributed by atoms with E-state index < -0.39 is 0 Å². The maximum atomic E-state index is 3.45. The lowest BCUT2D eigenvalue weighted by Crippen LogP contribution is -2.33. The molecule has 0 radical (unpaired) electrons. The zero-order valence-corrected chi connectivity index (χ0v) is 10.5. The van der Waals surface area contributed by atoms with E-state index in [9.17, 15) is 0 Å². The minimum atomic E-state index is 0.744. The molecule has 86 valence electrons. The molecule has 0 amide bonds. The van der Waals surface area contributed by atoms with Crippen LogP contribution in [0.1, 0.15) is 47.0 Å². The highest BCUT2D eigenvalue weighted by Gasteiger charge is 2.08. The van der Waals surface area contributed by atoms with Gasteiger partial charge in [-0.25, -0.2) is 0 Å². The van der Waals surface area contributed by atoms with Gasteiger partial charge in [-0.1, -0.05) is 20.8 Å². The van der Waals surface area contributed by atoms with Gasteiger partial charge in [-0.2, -0.15) is 0 Å². The van der Waals surface area contributed by atoms with Crippen LogP contribution < -0.4 is 5.32 Å². The van der Waals surface area contributed by atoms with Gasteiger partial charge in [-0.15, -0.1) is 0 Å². The summed E-state index contributed by atoms with van der Waals surface area (Å²) in [6.45, 7) is 13.8. The molecule has 0 aliphatic rings. The number of rotatable bonds is 9. The van der Waals surface area contributed by atoms with E-state index in [-0.39, 0.29) is 0 Å². The molecule has 0 fully saturated rings. The van der Waals surface area contributed by atoms with Crippen LogP contribution in [0.3, 0.4) is 0 Å². The van der Waals surface area contributed by atoms with Crippen molar-refractivity contribution in [1.82, 2.24) is 10.2 Å². The predicted molar refractivity (Wildman–Crippen MR) is 64.8 cm³/mol. The Morgan fingerprint density at radius 3 is 2.21 bits per heavy atom. The van der Waals surface area contributed by atoms with Crippen LogP contribution >= 0.6 is 0 Å².